The molecule has 14 nitrogen and oxygen atoms in total. The Hall–Kier alpha value is -3.91. The van der Waals surface area contributed by atoms with Crippen LogP contribution in [0.25, 0.3) is 0 Å². The number of carbonyl (C=O) groups is 4. The number of nitrogens with one attached hydrogen (secondary N) is 3. The molecular weight excluding hydrogens is 450 g/mol. The molecule has 0 radical (unpaired) electrons. The van der Waals surface area contributed by atoms with Gasteiger partial charge in [-0.2, -0.15) is 0 Å². The van der Waals surface area contributed by atoms with Gasteiger partial charge in [-0.25, -0.2) is 4.79 Å². The highest BCUT2D eigenvalue weighted by molar-refractivity contribution is 5.93. The van der Waals surface area contributed by atoms with Crippen molar-refractivity contribution in [2.45, 2.75) is 37.4 Å². The van der Waals surface area contributed by atoms with Crippen LogP contribution < -0.4 is 33.2 Å². The molecule has 0 saturated heterocycles. The summed E-state index contributed by atoms with van der Waals surface area (Å²) < 4.78 is 0. The first kappa shape index (κ1) is 28.1. The number of aromatic hydroxyl groups is 1. The standard InChI is InChI=1S/C20H31N7O7/c21-9-16(30)25-13(2-1-7-24-20(22)23)17(31)26-14(8-11-3-5-12(29)6-4-11)18(32)27-15(10-28)19(33)34/h3-6,13-15,28-29H,1-2,7-10,21H2,(H,25,30)(H,26,31)(H,27,32)(H,33,34)(H4,22,23,24). The third-order valence-corrected chi connectivity index (χ3v) is 4.59. The largest absolute Gasteiger partial charge is 0.508 e. The van der Waals surface area contributed by atoms with Crippen LogP contribution in [0.3, 0.4) is 0 Å². The Balaban J connectivity index is 3.05. The number of phenolic OH excluding ortho intramolecular Hbond substituents is 1. The molecule has 14 heteroatoms. The van der Waals surface area contributed by atoms with Gasteiger partial charge in [-0.05, 0) is 30.5 Å². The Bertz CT molecular complexity index is 873. The lowest BCUT2D eigenvalue weighted by molar-refractivity contribution is -0.143. The van der Waals surface area contributed by atoms with E-state index >= 15 is 0 Å². The summed E-state index contributed by atoms with van der Waals surface area (Å²) in [4.78, 5) is 52.5. The third-order valence-electron chi connectivity index (χ3n) is 4.59. The Morgan fingerprint density at radius 2 is 1.53 bits per heavy atom. The maximum atomic E-state index is 12.9. The maximum absolute atomic E-state index is 12.9. The molecule has 1 aromatic carbocycles. The lowest BCUT2D eigenvalue weighted by Crippen LogP contribution is -2.57. The van der Waals surface area contributed by atoms with Crippen LogP contribution in [0, 0.1) is 0 Å². The number of aliphatic carboxylic acids is 1. The highest BCUT2D eigenvalue weighted by Crippen LogP contribution is 2.12. The van der Waals surface area contributed by atoms with E-state index in [1.165, 1.54) is 24.3 Å². The van der Waals surface area contributed by atoms with E-state index in [-0.39, 0.29) is 37.6 Å². The van der Waals surface area contributed by atoms with Gasteiger partial charge in [-0.1, -0.05) is 12.1 Å². The summed E-state index contributed by atoms with van der Waals surface area (Å²) in [6.07, 6.45) is 0.374. The Morgan fingerprint density at radius 3 is 2.06 bits per heavy atom. The first-order valence-electron chi connectivity index (χ1n) is 10.3. The van der Waals surface area contributed by atoms with Gasteiger partial charge in [0.25, 0.3) is 0 Å². The van der Waals surface area contributed by atoms with Crippen molar-refractivity contribution in [3.8, 4) is 5.75 Å². The number of aliphatic imine (C=N–C) groups is 1. The van der Waals surface area contributed by atoms with E-state index in [0.717, 1.165) is 0 Å². The summed E-state index contributed by atoms with van der Waals surface area (Å²) in [5, 5.41) is 34.9. The number of rotatable bonds is 14. The van der Waals surface area contributed by atoms with Crippen molar-refractivity contribution in [3.05, 3.63) is 29.8 Å². The van der Waals surface area contributed by atoms with Crippen LogP contribution in [0.1, 0.15) is 18.4 Å². The van der Waals surface area contributed by atoms with E-state index < -0.39 is 48.4 Å². The van der Waals surface area contributed by atoms with E-state index in [9.17, 15) is 29.4 Å². The lowest BCUT2D eigenvalue weighted by Gasteiger charge is -2.24. The number of nitrogens with two attached hydrogens (primary N) is 3. The molecule has 0 fully saturated rings. The van der Waals surface area contributed by atoms with E-state index in [0.29, 0.717) is 12.0 Å². The molecule has 188 valence electrons. The van der Waals surface area contributed by atoms with E-state index in [1.807, 2.05) is 0 Å². The molecule has 0 bridgehead atoms. The molecule has 0 aliphatic heterocycles. The maximum Gasteiger partial charge on any atom is 0.328 e. The van der Waals surface area contributed by atoms with Crippen LogP contribution in [0.2, 0.25) is 0 Å². The first-order chi connectivity index (χ1) is 16.1. The highest BCUT2D eigenvalue weighted by Gasteiger charge is 2.29. The zero-order valence-electron chi connectivity index (χ0n) is 18.4. The Morgan fingerprint density at radius 1 is 0.941 bits per heavy atom. The molecule has 12 N–H and O–H groups in total. The number of aliphatic hydroxyl groups excluding tert-OH is 1. The van der Waals surface area contributed by atoms with Crippen molar-refractivity contribution in [2.75, 3.05) is 19.7 Å². The highest BCUT2D eigenvalue weighted by atomic mass is 16.4. The van der Waals surface area contributed by atoms with Gasteiger partial charge in [-0.15, -0.1) is 0 Å². The van der Waals surface area contributed by atoms with Crippen LogP contribution in [0.15, 0.2) is 29.3 Å². The topological polar surface area (TPSA) is 255 Å². The van der Waals surface area contributed by atoms with Gasteiger partial charge in [0.15, 0.2) is 5.96 Å². The molecule has 34 heavy (non-hydrogen) atoms. The van der Waals surface area contributed by atoms with Crippen molar-refractivity contribution in [1.29, 1.82) is 0 Å². The number of phenols is 1. The predicted octanol–water partition coefficient (Wildman–Crippen LogP) is -3.52. The van der Waals surface area contributed by atoms with E-state index in [2.05, 4.69) is 20.9 Å². The van der Waals surface area contributed by atoms with Gasteiger partial charge in [-0.3, -0.25) is 19.4 Å². The molecule has 0 spiro atoms. The number of carboxylic acid groups (broad SMARTS) is 1. The molecule has 1 rings (SSSR count). The summed E-state index contributed by atoms with van der Waals surface area (Å²) >= 11 is 0. The lowest BCUT2D eigenvalue weighted by atomic mass is 10.0. The van der Waals surface area contributed by atoms with E-state index in [1.54, 1.807) is 0 Å². The number of guanidine groups is 1. The Kier molecular flexibility index (Phi) is 11.8. The van der Waals surface area contributed by atoms with Crippen LogP contribution in [0.4, 0.5) is 0 Å². The van der Waals surface area contributed by atoms with Crippen molar-refractivity contribution in [2.24, 2.45) is 22.2 Å². The number of hydrogen-bond donors (Lipinski definition) is 9. The van der Waals surface area contributed by atoms with Crippen molar-refractivity contribution in [1.82, 2.24) is 16.0 Å². The van der Waals surface area contributed by atoms with Crippen molar-refractivity contribution >= 4 is 29.7 Å². The van der Waals surface area contributed by atoms with Gasteiger partial charge in [0.1, 0.15) is 23.9 Å². The van der Waals surface area contributed by atoms with Crippen LogP contribution >= 0.6 is 0 Å². The van der Waals surface area contributed by atoms with Crippen LogP contribution in [-0.2, 0) is 25.6 Å². The zero-order chi connectivity index (χ0) is 25.7. The van der Waals surface area contributed by atoms with Crippen molar-refractivity contribution in [3.63, 3.8) is 0 Å². The Labute approximate surface area is 195 Å². The average molecular weight is 482 g/mol. The fourth-order valence-corrected chi connectivity index (χ4v) is 2.83. The SMILES string of the molecule is NCC(=O)NC(CCCN=C(N)N)C(=O)NC(Cc1ccc(O)cc1)C(=O)NC(CO)C(=O)O. The summed E-state index contributed by atoms with van der Waals surface area (Å²) in [6.45, 7) is -1.04. The minimum Gasteiger partial charge on any atom is -0.508 e. The number of benzene rings is 1. The molecule has 0 aliphatic rings. The first-order valence-corrected chi connectivity index (χ1v) is 10.3. The number of carboxylic acids is 1. The van der Waals surface area contributed by atoms with E-state index in [4.69, 9.17) is 22.3 Å². The zero-order valence-corrected chi connectivity index (χ0v) is 18.4. The monoisotopic (exact) mass is 481 g/mol. The molecule has 0 aromatic heterocycles. The normalized spacial score (nSPS) is 13.1. The molecule has 1 aromatic rings. The van der Waals surface area contributed by atoms with Crippen molar-refractivity contribution < 1.29 is 34.5 Å². The van der Waals surface area contributed by atoms with Crippen LogP contribution in [0.5, 0.6) is 5.75 Å². The molecule has 3 unspecified atom stereocenters. The smallest absolute Gasteiger partial charge is 0.328 e. The summed E-state index contributed by atoms with van der Waals surface area (Å²) in [7, 11) is 0. The summed E-state index contributed by atoms with van der Waals surface area (Å²) in [6, 6.07) is 1.88. The molecule has 0 aliphatic carbocycles. The number of carbonyl (C=O) groups excluding carboxylic acids is 3. The number of hydrogen-bond acceptors (Lipinski definition) is 8. The third kappa shape index (κ3) is 10.1. The second-order valence-electron chi connectivity index (χ2n) is 7.29. The predicted molar refractivity (Wildman–Crippen MR) is 121 cm³/mol. The molecular formula is C20H31N7O7. The molecule has 0 saturated carbocycles. The molecule has 3 atom stereocenters. The van der Waals surface area contributed by atoms with Gasteiger partial charge < -0.3 is 48.5 Å². The van der Waals surface area contributed by atoms with Gasteiger partial charge in [0, 0.05) is 13.0 Å². The summed E-state index contributed by atoms with van der Waals surface area (Å²) in [5.74, 6) is -3.79. The summed E-state index contributed by atoms with van der Waals surface area (Å²) in [5.41, 5.74) is 16.4. The average Bonchev–Trinajstić information content (AvgIpc) is 2.79. The number of aliphatic hydroxyl groups is 1. The minimum atomic E-state index is -1.58. The fraction of sp³-hybridized carbons (Fsp3) is 0.450. The van der Waals surface area contributed by atoms with Gasteiger partial charge in [0.05, 0.1) is 13.2 Å². The second kappa shape index (κ2) is 14.3. The second-order valence-corrected chi connectivity index (χ2v) is 7.29. The van der Waals surface area contributed by atoms with Gasteiger partial charge >= 0.3 is 5.97 Å². The number of amides is 3. The molecule has 3 amide bonds. The van der Waals surface area contributed by atoms with Gasteiger partial charge in [0.2, 0.25) is 17.7 Å². The molecule has 0 heterocycles. The van der Waals surface area contributed by atoms with Crippen LogP contribution in [-0.4, -0.2) is 82.8 Å². The quantitative estimate of drug-likeness (QED) is 0.0718. The minimum absolute atomic E-state index is 0.00894. The number of nitrogens with zero attached hydrogens (tertiary/aromatic N) is 1. The fourth-order valence-electron chi connectivity index (χ4n) is 2.83.